The first-order chi connectivity index (χ1) is 6.74. The molecule has 14 heavy (non-hydrogen) atoms. The second kappa shape index (κ2) is 5.05. The third kappa shape index (κ3) is 2.92. The highest BCUT2D eigenvalue weighted by atomic mass is 14.9. The van der Waals surface area contributed by atoms with Crippen LogP contribution in [0.15, 0.2) is 36.8 Å². The Morgan fingerprint density at radius 3 is 3.00 bits per heavy atom. The van der Waals surface area contributed by atoms with Crippen LogP contribution in [0.2, 0.25) is 0 Å². The van der Waals surface area contributed by atoms with Gasteiger partial charge in [0.2, 0.25) is 0 Å². The lowest BCUT2D eigenvalue weighted by atomic mass is 10.2. The minimum absolute atomic E-state index is 0.171. The van der Waals surface area contributed by atoms with Crippen molar-refractivity contribution < 1.29 is 0 Å². The van der Waals surface area contributed by atoms with E-state index in [-0.39, 0.29) is 6.04 Å². The number of pyridine rings is 1. The molecule has 3 heteroatoms. The van der Waals surface area contributed by atoms with Crippen LogP contribution < -0.4 is 11.1 Å². The highest BCUT2D eigenvalue weighted by Gasteiger charge is 2.00. The lowest BCUT2D eigenvalue weighted by Crippen LogP contribution is -2.28. The monoisotopic (exact) mass is 187 g/mol. The maximum absolute atomic E-state index is 5.54. The van der Waals surface area contributed by atoms with Crippen LogP contribution >= 0.6 is 0 Å². The average molecular weight is 187 g/mol. The zero-order valence-corrected chi connectivity index (χ0v) is 8.12. The second-order valence-electron chi connectivity index (χ2n) is 2.81. The fourth-order valence-corrected chi connectivity index (χ4v) is 0.942. The van der Waals surface area contributed by atoms with Gasteiger partial charge in [-0.3, -0.25) is 4.98 Å². The lowest BCUT2D eigenvalue weighted by Gasteiger charge is -2.06. The summed E-state index contributed by atoms with van der Waals surface area (Å²) in [5, 5.41) is 2.95. The molecule has 0 aliphatic rings. The summed E-state index contributed by atoms with van der Waals surface area (Å²) in [7, 11) is 1.79. The summed E-state index contributed by atoms with van der Waals surface area (Å²) in [4.78, 5) is 3.96. The van der Waals surface area contributed by atoms with Crippen molar-refractivity contribution in [3.05, 3.63) is 42.4 Å². The van der Waals surface area contributed by atoms with Crippen LogP contribution in [0.1, 0.15) is 5.56 Å². The number of likely N-dealkylation sites (N-methyl/N-ethyl adjacent to an activating group) is 1. The topological polar surface area (TPSA) is 50.9 Å². The zero-order chi connectivity index (χ0) is 10.4. The van der Waals surface area contributed by atoms with Crippen molar-refractivity contribution in [2.45, 2.75) is 6.04 Å². The molecule has 72 valence electrons. The summed E-state index contributed by atoms with van der Waals surface area (Å²) in [6.07, 6.45) is 3.42. The predicted molar refractivity (Wildman–Crippen MR) is 57.3 cm³/mol. The van der Waals surface area contributed by atoms with Gasteiger partial charge >= 0.3 is 0 Å². The molecule has 1 aromatic heterocycles. The van der Waals surface area contributed by atoms with Crippen molar-refractivity contribution in [2.75, 3.05) is 7.05 Å². The van der Waals surface area contributed by atoms with Gasteiger partial charge in [0.15, 0.2) is 0 Å². The van der Waals surface area contributed by atoms with Crippen molar-refractivity contribution in [1.29, 1.82) is 0 Å². The smallest absolute Gasteiger partial charge is 0.108 e. The van der Waals surface area contributed by atoms with Crippen molar-refractivity contribution in [1.82, 2.24) is 10.3 Å². The summed E-state index contributed by atoms with van der Waals surface area (Å²) in [6.45, 7) is 3.64. The summed E-state index contributed by atoms with van der Waals surface area (Å²) >= 11 is 0. The first-order valence-corrected chi connectivity index (χ1v) is 4.27. The van der Waals surface area contributed by atoms with E-state index in [9.17, 15) is 0 Å². The number of rotatable bonds is 2. The number of nitrogens with one attached hydrogen (secondary N) is 1. The van der Waals surface area contributed by atoms with Gasteiger partial charge in [0.25, 0.3) is 0 Å². The first-order valence-electron chi connectivity index (χ1n) is 4.27. The molecule has 0 radical (unpaired) electrons. The van der Waals surface area contributed by atoms with Gasteiger partial charge in [-0.2, -0.15) is 0 Å². The molecule has 0 bridgehead atoms. The molecule has 0 saturated carbocycles. The molecule has 1 atom stereocenters. The summed E-state index contributed by atoms with van der Waals surface area (Å²) in [6, 6.07) is 3.57. The average Bonchev–Trinajstić information content (AvgIpc) is 2.20. The Hall–Kier alpha value is -1.79. The molecule has 1 aromatic rings. The molecule has 1 unspecified atom stereocenters. The molecule has 0 saturated heterocycles. The fraction of sp³-hybridized carbons (Fsp3) is 0.182. The minimum Gasteiger partial charge on any atom is -0.400 e. The Balaban J connectivity index is 2.76. The second-order valence-corrected chi connectivity index (χ2v) is 2.81. The SMILES string of the molecule is C=C(N)C(C#Cc1cccnc1)NC. The number of aromatic nitrogens is 1. The normalized spacial score (nSPS) is 11.2. The van der Waals surface area contributed by atoms with Crippen LogP contribution in [0.5, 0.6) is 0 Å². The summed E-state index contributed by atoms with van der Waals surface area (Å²) < 4.78 is 0. The van der Waals surface area contributed by atoms with Crippen LogP contribution in [-0.2, 0) is 0 Å². The highest BCUT2D eigenvalue weighted by molar-refractivity contribution is 5.34. The van der Waals surface area contributed by atoms with Gasteiger partial charge in [-0.05, 0) is 19.2 Å². The van der Waals surface area contributed by atoms with Crippen molar-refractivity contribution in [3.63, 3.8) is 0 Å². The molecule has 0 aliphatic carbocycles. The van der Waals surface area contributed by atoms with Crippen LogP contribution in [0.3, 0.4) is 0 Å². The van der Waals surface area contributed by atoms with Gasteiger partial charge in [0.05, 0.1) is 0 Å². The minimum atomic E-state index is -0.171. The highest BCUT2D eigenvalue weighted by Crippen LogP contribution is 1.93. The molecule has 0 amide bonds. The molecule has 1 heterocycles. The lowest BCUT2D eigenvalue weighted by molar-refractivity contribution is 0.766. The Bertz CT molecular complexity index is 359. The zero-order valence-electron chi connectivity index (χ0n) is 8.12. The molecule has 3 N–H and O–H groups in total. The van der Waals surface area contributed by atoms with E-state index in [2.05, 4.69) is 28.7 Å². The number of hydrogen-bond acceptors (Lipinski definition) is 3. The van der Waals surface area contributed by atoms with Gasteiger partial charge in [-0.1, -0.05) is 18.4 Å². The van der Waals surface area contributed by atoms with Crippen LogP contribution in [0, 0.1) is 11.8 Å². The molecular formula is C11H13N3. The van der Waals surface area contributed by atoms with Crippen LogP contribution in [-0.4, -0.2) is 18.1 Å². The van der Waals surface area contributed by atoms with Gasteiger partial charge < -0.3 is 11.1 Å². The number of nitrogens with two attached hydrogens (primary N) is 1. The third-order valence-electron chi connectivity index (χ3n) is 1.68. The molecule has 1 rings (SSSR count). The molecule has 0 fully saturated rings. The quantitative estimate of drug-likeness (QED) is 0.663. The Kier molecular flexibility index (Phi) is 3.71. The van der Waals surface area contributed by atoms with E-state index in [0.717, 1.165) is 5.56 Å². The number of nitrogens with zero attached hydrogens (tertiary/aromatic N) is 1. The summed E-state index contributed by atoms with van der Waals surface area (Å²) in [5.41, 5.74) is 6.92. The maximum atomic E-state index is 5.54. The van der Waals surface area contributed by atoms with Crippen molar-refractivity contribution in [2.24, 2.45) is 5.73 Å². The van der Waals surface area contributed by atoms with Gasteiger partial charge in [-0.15, -0.1) is 0 Å². The van der Waals surface area contributed by atoms with Gasteiger partial charge in [-0.25, -0.2) is 0 Å². The maximum Gasteiger partial charge on any atom is 0.108 e. The van der Waals surface area contributed by atoms with Crippen molar-refractivity contribution >= 4 is 0 Å². The first kappa shape index (κ1) is 10.3. The Morgan fingerprint density at radius 1 is 1.71 bits per heavy atom. The van der Waals surface area contributed by atoms with Gasteiger partial charge in [0.1, 0.15) is 6.04 Å². The summed E-state index contributed by atoms with van der Waals surface area (Å²) in [5.74, 6) is 5.92. The fourth-order valence-electron chi connectivity index (χ4n) is 0.942. The van der Waals surface area contributed by atoms with Crippen molar-refractivity contribution in [3.8, 4) is 11.8 Å². The van der Waals surface area contributed by atoms with Crippen LogP contribution in [0.25, 0.3) is 0 Å². The Labute approximate surface area is 84.0 Å². The molecule has 0 aliphatic heterocycles. The van der Waals surface area contributed by atoms with E-state index in [1.54, 1.807) is 19.4 Å². The van der Waals surface area contributed by atoms with E-state index in [1.807, 2.05) is 12.1 Å². The van der Waals surface area contributed by atoms with E-state index >= 15 is 0 Å². The Morgan fingerprint density at radius 2 is 2.50 bits per heavy atom. The number of hydrogen-bond donors (Lipinski definition) is 2. The molecular weight excluding hydrogens is 174 g/mol. The van der Waals surface area contributed by atoms with E-state index in [4.69, 9.17) is 5.73 Å². The van der Waals surface area contributed by atoms with E-state index < -0.39 is 0 Å². The predicted octanol–water partition coefficient (Wildman–Crippen LogP) is 0.494. The third-order valence-corrected chi connectivity index (χ3v) is 1.68. The standard InChI is InChI=1S/C11H13N3/c1-9(12)11(13-2)6-5-10-4-3-7-14-8-10/h3-4,7-8,11,13H,1,12H2,2H3. The van der Waals surface area contributed by atoms with E-state index in [0.29, 0.717) is 5.70 Å². The van der Waals surface area contributed by atoms with E-state index in [1.165, 1.54) is 0 Å². The largest absolute Gasteiger partial charge is 0.400 e. The molecule has 0 aromatic carbocycles. The molecule has 0 spiro atoms. The van der Waals surface area contributed by atoms with Gasteiger partial charge in [0, 0.05) is 23.7 Å². The molecule has 3 nitrogen and oxygen atoms in total. The van der Waals surface area contributed by atoms with Crippen LogP contribution in [0.4, 0.5) is 0 Å².